The molecule has 0 spiro atoms. The second kappa shape index (κ2) is 9.95. The molecule has 1 aromatic heterocycles. The summed E-state index contributed by atoms with van der Waals surface area (Å²) in [4.78, 5) is 32.7. The van der Waals surface area contributed by atoms with Crippen molar-refractivity contribution in [2.75, 3.05) is 57.2 Å². The van der Waals surface area contributed by atoms with E-state index in [9.17, 15) is 9.59 Å². The molecule has 2 heterocycles. The molecule has 1 fully saturated rings. The van der Waals surface area contributed by atoms with Gasteiger partial charge < -0.3 is 24.7 Å². The third kappa shape index (κ3) is 4.96. The Bertz CT molecular complexity index is 1150. The number of aryl methyl sites for hydroxylation is 1. The number of ether oxygens (including phenoxy) is 2. The van der Waals surface area contributed by atoms with E-state index in [2.05, 4.69) is 26.2 Å². The van der Waals surface area contributed by atoms with Gasteiger partial charge in [-0.2, -0.15) is 0 Å². The smallest absolute Gasteiger partial charge is 0.356 e. The minimum Gasteiger partial charge on any atom is -0.495 e. The molecule has 0 unspecified atom stereocenters. The molecule has 2 aromatic carbocycles. The molecule has 2 N–H and O–H groups in total. The average molecular weight is 451 g/mol. The zero-order valence-electron chi connectivity index (χ0n) is 19.3. The molecular weight excluding hydrogens is 420 g/mol. The largest absolute Gasteiger partial charge is 0.495 e. The summed E-state index contributed by atoms with van der Waals surface area (Å²) < 4.78 is 10.4. The van der Waals surface area contributed by atoms with Gasteiger partial charge >= 0.3 is 5.97 Å². The minimum absolute atomic E-state index is 0.130. The summed E-state index contributed by atoms with van der Waals surface area (Å²) in [5, 5.41) is 3.74. The van der Waals surface area contributed by atoms with E-state index in [4.69, 9.17) is 9.47 Å². The summed E-state index contributed by atoms with van der Waals surface area (Å²) in [6, 6.07) is 13.8. The van der Waals surface area contributed by atoms with E-state index in [1.165, 1.54) is 7.11 Å². The molecule has 174 valence electrons. The Kier molecular flexibility index (Phi) is 6.84. The van der Waals surface area contributed by atoms with Crippen molar-refractivity contribution < 1.29 is 19.1 Å². The van der Waals surface area contributed by atoms with Crippen LogP contribution in [-0.4, -0.2) is 68.7 Å². The lowest BCUT2D eigenvalue weighted by atomic mass is 10.1. The number of methoxy groups -OCH3 is 2. The van der Waals surface area contributed by atoms with E-state index in [-0.39, 0.29) is 11.6 Å². The van der Waals surface area contributed by atoms with Crippen LogP contribution < -0.4 is 15.0 Å². The van der Waals surface area contributed by atoms with Gasteiger partial charge in [0.2, 0.25) is 5.91 Å². The number of piperazine rings is 1. The van der Waals surface area contributed by atoms with Crippen LogP contribution in [0.1, 0.15) is 22.5 Å². The van der Waals surface area contributed by atoms with E-state index in [0.29, 0.717) is 18.7 Å². The molecule has 0 saturated carbocycles. The number of aromatic nitrogens is 1. The molecule has 3 aromatic rings. The van der Waals surface area contributed by atoms with Crippen LogP contribution in [0.5, 0.6) is 5.75 Å². The molecule has 0 aliphatic carbocycles. The van der Waals surface area contributed by atoms with Crippen LogP contribution in [-0.2, 0) is 9.53 Å². The predicted octanol–water partition coefficient (Wildman–Crippen LogP) is 3.42. The highest BCUT2D eigenvalue weighted by molar-refractivity contribution is 6.11. The Hall–Kier alpha value is -3.52. The molecule has 1 saturated heterocycles. The van der Waals surface area contributed by atoms with Crippen molar-refractivity contribution in [2.24, 2.45) is 0 Å². The second-order valence-corrected chi connectivity index (χ2v) is 8.21. The number of fused-ring (bicyclic) bond motifs is 1. The van der Waals surface area contributed by atoms with Gasteiger partial charge in [0.15, 0.2) is 0 Å². The zero-order valence-corrected chi connectivity index (χ0v) is 19.3. The molecular formula is C25H30N4O4. The molecule has 8 nitrogen and oxygen atoms in total. The number of para-hydroxylation sites is 2. The first-order valence-electron chi connectivity index (χ1n) is 11.1. The number of amides is 1. The molecule has 1 amide bonds. The molecule has 0 atom stereocenters. The number of carbonyl (C=O) groups excluding carboxylic acids is 2. The van der Waals surface area contributed by atoms with Crippen molar-refractivity contribution in [1.82, 2.24) is 9.88 Å². The number of rotatable bonds is 7. The van der Waals surface area contributed by atoms with Crippen LogP contribution in [0.4, 0.5) is 11.4 Å². The summed E-state index contributed by atoms with van der Waals surface area (Å²) in [7, 11) is 3.02. The summed E-state index contributed by atoms with van der Waals surface area (Å²) in [6.45, 7) is 6.10. The fourth-order valence-electron chi connectivity index (χ4n) is 4.26. The van der Waals surface area contributed by atoms with Gasteiger partial charge in [0.05, 0.1) is 25.6 Å². The van der Waals surface area contributed by atoms with E-state index >= 15 is 0 Å². The summed E-state index contributed by atoms with van der Waals surface area (Å²) in [6.07, 6.45) is 0.341. The number of hydrogen-bond acceptors (Lipinski definition) is 6. The highest BCUT2D eigenvalue weighted by Crippen LogP contribution is 2.30. The van der Waals surface area contributed by atoms with Gasteiger partial charge in [0, 0.05) is 50.0 Å². The van der Waals surface area contributed by atoms with Gasteiger partial charge in [-0.05, 0) is 31.2 Å². The summed E-state index contributed by atoms with van der Waals surface area (Å²) in [5.74, 6) is 0.238. The van der Waals surface area contributed by atoms with Gasteiger partial charge in [0.1, 0.15) is 11.4 Å². The lowest BCUT2D eigenvalue weighted by Gasteiger charge is -2.36. The topological polar surface area (TPSA) is 86.9 Å². The van der Waals surface area contributed by atoms with Gasteiger partial charge in [-0.25, -0.2) is 4.79 Å². The minimum atomic E-state index is -0.508. The Morgan fingerprint density at radius 1 is 1.06 bits per heavy atom. The Morgan fingerprint density at radius 2 is 1.82 bits per heavy atom. The summed E-state index contributed by atoms with van der Waals surface area (Å²) >= 11 is 0. The van der Waals surface area contributed by atoms with Crippen LogP contribution in [0.25, 0.3) is 10.9 Å². The predicted molar refractivity (Wildman–Crippen MR) is 129 cm³/mol. The van der Waals surface area contributed by atoms with Crippen LogP contribution in [0.3, 0.4) is 0 Å². The van der Waals surface area contributed by atoms with Gasteiger partial charge in [-0.3, -0.25) is 9.69 Å². The van der Waals surface area contributed by atoms with Crippen LogP contribution in [0.2, 0.25) is 0 Å². The number of benzene rings is 2. The first-order valence-corrected chi connectivity index (χ1v) is 11.1. The third-order valence-electron chi connectivity index (χ3n) is 6.06. The number of nitrogens with one attached hydrogen (secondary N) is 2. The number of hydrogen-bond donors (Lipinski definition) is 2. The van der Waals surface area contributed by atoms with Crippen molar-refractivity contribution in [3.05, 3.63) is 53.7 Å². The van der Waals surface area contributed by atoms with Gasteiger partial charge in [-0.1, -0.05) is 23.8 Å². The molecule has 0 bridgehead atoms. The van der Waals surface area contributed by atoms with Crippen LogP contribution >= 0.6 is 0 Å². The number of anilines is 2. The van der Waals surface area contributed by atoms with Crippen molar-refractivity contribution >= 4 is 34.2 Å². The van der Waals surface area contributed by atoms with E-state index in [0.717, 1.165) is 54.1 Å². The van der Waals surface area contributed by atoms with E-state index < -0.39 is 5.97 Å². The summed E-state index contributed by atoms with van der Waals surface area (Å²) in [5.41, 5.74) is 3.66. The fourth-order valence-corrected chi connectivity index (χ4v) is 4.26. The number of aromatic amines is 1. The van der Waals surface area contributed by atoms with Crippen molar-refractivity contribution in [1.29, 1.82) is 0 Å². The molecule has 1 aliphatic rings. The monoisotopic (exact) mass is 450 g/mol. The van der Waals surface area contributed by atoms with Crippen molar-refractivity contribution in [3.8, 4) is 5.75 Å². The number of H-pyrrole nitrogens is 1. The lowest BCUT2D eigenvalue weighted by Crippen LogP contribution is -2.47. The van der Waals surface area contributed by atoms with Gasteiger partial charge in [-0.15, -0.1) is 0 Å². The van der Waals surface area contributed by atoms with Crippen molar-refractivity contribution in [3.63, 3.8) is 0 Å². The Labute approximate surface area is 193 Å². The first-order chi connectivity index (χ1) is 16.0. The number of carbonyl (C=O) groups is 2. The number of nitrogens with zero attached hydrogens (tertiary/aromatic N) is 2. The molecule has 4 rings (SSSR count). The Morgan fingerprint density at radius 3 is 2.55 bits per heavy atom. The fraction of sp³-hybridized carbons (Fsp3) is 0.360. The average Bonchev–Trinajstić information content (AvgIpc) is 3.19. The highest BCUT2D eigenvalue weighted by atomic mass is 16.5. The van der Waals surface area contributed by atoms with Crippen LogP contribution in [0, 0.1) is 6.92 Å². The molecule has 0 radical (unpaired) electrons. The maximum Gasteiger partial charge on any atom is 0.356 e. The lowest BCUT2D eigenvalue weighted by molar-refractivity contribution is -0.116. The SMILES string of the molecule is COC(=O)c1[nH]c2ccc(C)cc2c1NC(=O)CCN1CCN(c2ccccc2OC)CC1. The third-order valence-corrected chi connectivity index (χ3v) is 6.06. The van der Waals surface area contributed by atoms with Crippen molar-refractivity contribution in [2.45, 2.75) is 13.3 Å². The highest BCUT2D eigenvalue weighted by Gasteiger charge is 2.22. The quantitative estimate of drug-likeness (QED) is 0.537. The van der Waals surface area contributed by atoms with E-state index in [1.54, 1.807) is 7.11 Å². The molecule has 8 heteroatoms. The van der Waals surface area contributed by atoms with Crippen LogP contribution in [0.15, 0.2) is 42.5 Å². The maximum absolute atomic E-state index is 12.8. The number of esters is 1. The Balaban J connectivity index is 1.36. The zero-order chi connectivity index (χ0) is 23.4. The standard InChI is InChI=1S/C25H30N4O4/c1-17-8-9-19-18(16-17)23(24(26-19)25(31)33-3)27-22(30)10-11-28-12-14-29(15-13-28)20-6-4-5-7-21(20)32-2/h4-9,16,26H,10-15H2,1-3H3,(H,27,30). The molecule has 33 heavy (non-hydrogen) atoms. The normalized spacial score (nSPS) is 14.3. The maximum atomic E-state index is 12.8. The molecule has 1 aliphatic heterocycles. The second-order valence-electron chi connectivity index (χ2n) is 8.21. The first kappa shape index (κ1) is 22.7. The van der Waals surface area contributed by atoms with Gasteiger partial charge in [0.25, 0.3) is 0 Å². The van der Waals surface area contributed by atoms with E-state index in [1.807, 2.05) is 43.3 Å².